The number of aromatic nitrogens is 2. The zero-order valence-electron chi connectivity index (χ0n) is 17.1. The van der Waals surface area contributed by atoms with Crippen LogP contribution in [0.1, 0.15) is 19.8 Å². The van der Waals surface area contributed by atoms with Crippen molar-refractivity contribution in [3.8, 4) is 11.6 Å². The van der Waals surface area contributed by atoms with Crippen LogP contribution in [0.15, 0.2) is 48.8 Å². The van der Waals surface area contributed by atoms with Gasteiger partial charge in [-0.25, -0.2) is 4.98 Å². The minimum absolute atomic E-state index is 0.113. The molecule has 0 saturated carbocycles. The van der Waals surface area contributed by atoms with Gasteiger partial charge < -0.3 is 14.4 Å². The van der Waals surface area contributed by atoms with Crippen molar-refractivity contribution < 1.29 is 19.2 Å². The van der Waals surface area contributed by atoms with Crippen LogP contribution in [-0.2, 0) is 9.53 Å². The third-order valence-electron chi connectivity index (χ3n) is 5.30. The fourth-order valence-corrected chi connectivity index (χ4v) is 3.75. The summed E-state index contributed by atoms with van der Waals surface area (Å²) in [6.07, 6.45) is 2.35. The molecule has 160 valence electrons. The van der Waals surface area contributed by atoms with Crippen LogP contribution < -0.4 is 9.64 Å². The molecule has 0 spiro atoms. The average molecular weight is 422 g/mol. The van der Waals surface area contributed by atoms with E-state index >= 15 is 0 Å². The fourth-order valence-electron chi connectivity index (χ4n) is 3.75. The van der Waals surface area contributed by atoms with Gasteiger partial charge in [-0.1, -0.05) is 30.3 Å². The molecule has 1 fully saturated rings. The van der Waals surface area contributed by atoms with E-state index in [-0.39, 0.29) is 29.3 Å². The van der Waals surface area contributed by atoms with Gasteiger partial charge in [0.15, 0.2) is 0 Å². The van der Waals surface area contributed by atoms with Crippen LogP contribution in [0.5, 0.6) is 11.6 Å². The monoisotopic (exact) mass is 422 g/mol. The number of esters is 1. The summed E-state index contributed by atoms with van der Waals surface area (Å²) < 4.78 is 10.9. The molecule has 1 aromatic heterocycles. The lowest BCUT2D eigenvalue weighted by Crippen LogP contribution is -2.37. The molecule has 1 aliphatic heterocycles. The van der Waals surface area contributed by atoms with Gasteiger partial charge >= 0.3 is 17.5 Å². The Morgan fingerprint density at radius 1 is 1.16 bits per heavy atom. The van der Waals surface area contributed by atoms with Gasteiger partial charge in [0.1, 0.15) is 12.1 Å². The van der Waals surface area contributed by atoms with Crippen molar-refractivity contribution in [3.63, 3.8) is 0 Å². The SMILES string of the molecule is CCOC(=O)C1CCN(c2ncnc(Oc3ccc4ccccc4c3)c2[N+](=O)[O-])CC1. The Morgan fingerprint density at radius 2 is 1.90 bits per heavy atom. The van der Waals surface area contributed by atoms with E-state index in [0.29, 0.717) is 38.3 Å². The highest BCUT2D eigenvalue weighted by Crippen LogP contribution is 2.38. The number of hydrogen-bond acceptors (Lipinski definition) is 8. The highest BCUT2D eigenvalue weighted by Gasteiger charge is 2.33. The number of ether oxygens (including phenoxy) is 2. The largest absolute Gasteiger partial charge is 0.466 e. The summed E-state index contributed by atoms with van der Waals surface area (Å²) in [4.78, 5) is 33.3. The van der Waals surface area contributed by atoms with Crippen molar-refractivity contribution >= 4 is 28.2 Å². The Balaban J connectivity index is 1.58. The van der Waals surface area contributed by atoms with Gasteiger partial charge in [0.05, 0.1) is 17.4 Å². The molecule has 3 aromatic rings. The number of nitrogens with zero attached hydrogens (tertiary/aromatic N) is 4. The highest BCUT2D eigenvalue weighted by atomic mass is 16.6. The molecule has 1 aliphatic rings. The number of rotatable bonds is 6. The molecular formula is C22H22N4O5. The molecule has 0 bridgehead atoms. The predicted octanol–water partition coefficient (Wildman–Crippen LogP) is 4.11. The molecule has 9 heteroatoms. The van der Waals surface area contributed by atoms with E-state index in [0.717, 1.165) is 10.8 Å². The molecule has 9 nitrogen and oxygen atoms in total. The van der Waals surface area contributed by atoms with Gasteiger partial charge in [0.2, 0.25) is 5.82 Å². The van der Waals surface area contributed by atoms with E-state index in [2.05, 4.69) is 9.97 Å². The summed E-state index contributed by atoms with van der Waals surface area (Å²) in [5, 5.41) is 13.9. The zero-order chi connectivity index (χ0) is 21.8. The molecule has 2 heterocycles. The van der Waals surface area contributed by atoms with E-state index in [4.69, 9.17) is 9.47 Å². The fraction of sp³-hybridized carbons (Fsp3) is 0.318. The molecule has 0 N–H and O–H groups in total. The Labute approximate surface area is 178 Å². The molecule has 0 radical (unpaired) electrons. The second-order valence-electron chi connectivity index (χ2n) is 7.23. The number of anilines is 1. The maximum atomic E-state index is 12.0. The van der Waals surface area contributed by atoms with Crippen molar-refractivity contribution in [1.82, 2.24) is 9.97 Å². The molecule has 4 rings (SSSR count). The lowest BCUT2D eigenvalue weighted by atomic mass is 9.97. The van der Waals surface area contributed by atoms with Crippen molar-refractivity contribution in [2.24, 2.45) is 5.92 Å². The van der Waals surface area contributed by atoms with Gasteiger partial charge in [0, 0.05) is 13.1 Å². The second kappa shape index (κ2) is 8.95. The first-order valence-corrected chi connectivity index (χ1v) is 10.1. The van der Waals surface area contributed by atoms with Crippen LogP contribution in [-0.4, -0.2) is 40.6 Å². The summed E-state index contributed by atoms with van der Waals surface area (Å²) in [5.41, 5.74) is -0.287. The Kier molecular flexibility index (Phi) is 5.92. The van der Waals surface area contributed by atoms with E-state index in [1.165, 1.54) is 6.33 Å². The lowest BCUT2D eigenvalue weighted by molar-refractivity contribution is -0.385. The van der Waals surface area contributed by atoms with Crippen molar-refractivity contribution in [1.29, 1.82) is 0 Å². The van der Waals surface area contributed by atoms with Crippen LogP contribution in [0.25, 0.3) is 10.8 Å². The van der Waals surface area contributed by atoms with Crippen molar-refractivity contribution in [2.75, 3.05) is 24.6 Å². The van der Waals surface area contributed by atoms with Gasteiger partial charge in [-0.2, -0.15) is 4.98 Å². The first kappa shape index (κ1) is 20.5. The normalized spacial score (nSPS) is 14.4. The number of fused-ring (bicyclic) bond motifs is 1. The number of nitro groups is 1. The minimum Gasteiger partial charge on any atom is -0.466 e. The van der Waals surface area contributed by atoms with Gasteiger partial charge in [0.25, 0.3) is 0 Å². The molecule has 2 aromatic carbocycles. The quantitative estimate of drug-likeness (QED) is 0.332. The number of benzene rings is 2. The standard InChI is InChI=1S/C22H22N4O5/c1-2-30-22(27)16-9-11-25(12-10-16)20-19(26(28)29)21(24-14-23-20)31-18-8-7-15-5-3-4-6-17(15)13-18/h3-8,13-14,16H,2,9-12H2,1H3. The van der Waals surface area contributed by atoms with Crippen LogP contribution in [0, 0.1) is 16.0 Å². The maximum Gasteiger partial charge on any atom is 0.373 e. The van der Waals surface area contributed by atoms with E-state index in [1.807, 2.05) is 36.4 Å². The molecule has 0 amide bonds. The number of hydrogen-bond donors (Lipinski definition) is 0. The van der Waals surface area contributed by atoms with E-state index in [1.54, 1.807) is 17.9 Å². The van der Waals surface area contributed by atoms with Gasteiger partial charge in [-0.15, -0.1) is 0 Å². The number of carbonyl (C=O) groups excluding carboxylic acids is 1. The summed E-state index contributed by atoms with van der Waals surface area (Å²) in [6, 6.07) is 13.2. The second-order valence-corrected chi connectivity index (χ2v) is 7.23. The molecule has 0 unspecified atom stereocenters. The minimum atomic E-state index is -0.525. The van der Waals surface area contributed by atoms with Gasteiger partial charge in [-0.05, 0) is 42.7 Å². The van der Waals surface area contributed by atoms with E-state index < -0.39 is 4.92 Å². The zero-order valence-corrected chi connectivity index (χ0v) is 17.1. The Hall–Kier alpha value is -3.75. The molecule has 0 atom stereocenters. The topological polar surface area (TPSA) is 108 Å². The third kappa shape index (κ3) is 4.40. The van der Waals surface area contributed by atoms with Crippen LogP contribution >= 0.6 is 0 Å². The first-order valence-electron chi connectivity index (χ1n) is 10.1. The van der Waals surface area contributed by atoms with Crippen LogP contribution in [0.2, 0.25) is 0 Å². The Morgan fingerprint density at radius 3 is 2.61 bits per heavy atom. The highest BCUT2D eigenvalue weighted by molar-refractivity contribution is 5.83. The molecule has 0 aliphatic carbocycles. The molecule has 1 saturated heterocycles. The summed E-state index contributed by atoms with van der Waals surface area (Å²) in [6.45, 7) is 3.02. The predicted molar refractivity (Wildman–Crippen MR) is 114 cm³/mol. The van der Waals surface area contributed by atoms with Crippen molar-refractivity contribution in [3.05, 3.63) is 58.9 Å². The summed E-state index contributed by atoms with van der Waals surface area (Å²) in [7, 11) is 0. The molecule has 31 heavy (non-hydrogen) atoms. The maximum absolute atomic E-state index is 12.0. The average Bonchev–Trinajstić information content (AvgIpc) is 2.79. The number of piperidine rings is 1. The van der Waals surface area contributed by atoms with Crippen molar-refractivity contribution in [2.45, 2.75) is 19.8 Å². The van der Waals surface area contributed by atoms with E-state index in [9.17, 15) is 14.9 Å². The lowest BCUT2D eigenvalue weighted by Gasteiger charge is -2.31. The smallest absolute Gasteiger partial charge is 0.373 e. The third-order valence-corrected chi connectivity index (χ3v) is 5.30. The molecular weight excluding hydrogens is 400 g/mol. The van der Waals surface area contributed by atoms with Crippen LogP contribution in [0.4, 0.5) is 11.5 Å². The summed E-state index contributed by atoms with van der Waals surface area (Å²) >= 11 is 0. The summed E-state index contributed by atoms with van der Waals surface area (Å²) in [5.74, 6) is 0.105. The van der Waals surface area contributed by atoms with Crippen LogP contribution in [0.3, 0.4) is 0 Å². The Bertz CT molecular complexity index is 1110. The first-order chi connectivity index (χ1) is 15.1. The van der Waals surface area contributed by atoms with Gasteiger partial charge in [-0.3, -0.25) is 14.9 Å². The number of carbonyl (C=O) groups is 1.